The standard InChI is InChI=1S/C9H16N2O2/c1-8(2)4-7-13-9(12)11-6-3-5-10/h8H,3-4,6-7H2,1-2H3,(H,11,12). The predicted octanol–water partition coefficient (Wildman–Crippen LogP) is 1.67. The summed E-state index contributed by atoms with van der Waals surface area (Å²) >= 11 is 0. The molecular weight excluding hydrogens is 168 g/mol. The molecule has 4 nitrogen and oxygen atoms in total. The molecule has 0 atom stereocenters. The minimum Gasteiger partial charge on any atom is -0.450 e. The van der Waals surface area contributed by atoms with Gasteiger partial charge in [0.2, 0.25) is 0 Å². The minimum atomic E-state index is -0.434. The second-order valence-corrected chi connectivity index (χ2v) is 3.15. The van der Waals surface area contributed by atoms with Gasteiger partial charge in [0.25, 0.3) is 0 Å². The van der Waals surface area contributed by atoms with Gasteiger partial charge in [-0.2, -0.15) is 5.26 Å². The van der Waals surface area contributed by atoms with Gasteiger partial charge in [-0.15, -0.1) is 0 Å². The summed E-state index contributed by atoms with van der Waals surface area (Å²) in [6, 6.07) is 1.93. The molecule has 74 valence electrons. The lowest BCUT2D eigenvalue weighted by molar-refractivity contribution is 0.141. The van der Waals surface area contributed by atoms with Crippen LogP contribution in [0.1, 0.15) is 26.7 Å². The molecule has 0 saturated heterocycles. The fourth-order valence-electron chi connectivity index (χ4n) is 0.659. The summed E-state index contributed by atoms with van der Waals surface area (Å²) < 4.78 is 4.84. The molecular formula is C9H16N2O2. The monoisotopic (exact) mass is 184 g/mol. The van der Waals surface area contributed by atoms with Crippen LogP contribution in [0, 0.1) is 17.2 Å². The van der Waals surface area contributed by atoms with Crippen LogP contribution < -0.4 is 5.32 Å². The van der Waals surface area contributed by atoms with Crippen molar-refractivity contribution >= 4 is 6.09 Å². The molecule has 0 aromatic carbocycles. The van der Waals surface area contributed by atoms with Gasteiger partial charge in [0.15, 0.2) is 0 Å². The third-order valence-corrected chi connectivity index (χ3v) is 1.43. The van der Waals surface area contributed by atoms with E-state index in [-0.39, 0.29) is 0 Å². The van der Waals surface area contributed by atoms with E-state index in [2.05, 4.69) is 19.2 Å². The summed E-state index contributed by atoms with van der Waals surface area (Å²) in [6.07, 6.45) is 0.751. The van der Waals surface area contributed by atoms with Crippen molar-refractivity contribution in [3.63, 3.8) is 0 Å². The lowest BCUT2D eigenvalue weighted by Crippen LogP contribution is -2.25. The molecule has 1 N–H and O–H groups in total. The zero-order valence-electron chi connectivity index (χ0n) is 8.17. The van der Waals surface area contributed by atoms with Crippen molar-refractivity contribution < 1.29 is 9.53 Å². The largest absolute Gasteiger partial charge is 0.450 e. The van der Waals surface area contributed by atoms with Crippen LogP contribution in [0.4, 0.5) is 4.79 Å². The molecule has 0 aliphatic carbocycles. The van der Waals surface area contributed by atoms with Gasteiger partial charge >= 0.3 is 6.09 Å². The highest BCUT2D eigenvalue weighted by molar-refractivity contribution is 5.67. The fraction of sp³-hybridized carbons (Fsp3) is 0.778. The first-order valence-electron chi connectivity index (χ1n) is 4.44. The number of amides is 1. The lowest BCUT2D eigenvalue weighted by atomic mass is 10.1. The molecule has 0 rings (SSSR count). The number of hydrogen-bond donors (Lipinski definition) is 1. The van der Waals surface area contributed by atoms with Gasteiger partial charge in [0.05, 0.1) is 19.1 Å². The highest BCUT2D eigenvalue weighted by Crippen LogP contribution is 1.98. The fourth-order valence-corrected chi connectivity index (χ4v) is 0.659. The quantitative estimate of drug-likeness (QED) is 0.661. The maximum Gasteiger partial charge on any atom is 0.407 e. The minimum absolute atomic E-state index is 0.319. The van der Waals surface area contributed by atoms with E-state index in [0.29, 0.717) is 25.5 Å². The Kier molecular flexibility index (Phi) is 6.70. The van der Waals surface area contributed by atoms with Crippen molar-refractivity contribution in [2.75, 3.05) is 13.2 Å². The first-order valence-corrected chi connectivity index (χ1v) is 4.44. The average molecular weight is 184 g/mol. The van der Waals surface area contributed by atoms with E-state index in [1.165, 1.54) is 0 Å². The number of nitrogens with zero attached hydrogens (tertiary/aromatic N) is 1. The molecule has 0 saturated carbocycles. The molecule has 0 aliphatic rings. The molecule has 13 heavy (non-hydrogen) atoms. The summed E-state index contributed by atoms with van der Waals surface area (Å²) in [5.41, 5.74) is 0. The van der Waals surface area contributed by atoms with Crippen molar-refractivity contribution in [1.29, 1.82) is 5.26 Å². The molecule has 0 unspecified atom stereocenters. The smallest absolute Gasteiger partial charge is 0.407 e. The van der Waals surface area contributed by atoms with Gasteiger partial charge in [-0.1, -0.05) is 13.8 Å². The van der Waals surface area contributed by atoms with E-state index in [9.17, 15) is 4.79 Å². The maximum absolute atomic E-state index is 10.9. The van der Waals surface area contributed by atoms with Crippen molar-refractivity contribution in [2.24, 2.45) is 5.92 Å². The Bertz CT molecular complexity index is 185. The number of rotatable bonds is 5. The van der Waals surface area contributed by atoms with Crippen molar-refractivity contribution in [1.82, 2.24) is 5.32 Å². The summed E-state index contributed by atoms with van der Waals surface area (Å²) in [5, 5.41) is 10.7. The zero-order chi connectivity index (χ0) is 10.1. The molecule has 1 amide bonds. The number of carbonyl (C=O) groups is 1. The Labute approximate surface area is 78.9 Å². The Morgan fingerprint density at radius 2 is 2.31 bits per heavy atom. The second-order valence-electron chi connectivity index (χ2n) is 3.15. The summed E-state index contributed by atoms with van der Waals surface area (Å²) in [4.78, 5) is 10.9. The van der Waals surface area contributed by atoms with Gasteiger partial charge < -0.3 is 10.1 Å². The number of carbonyl (C=O) groups excluding carboxylic acids is 1. The van der Waals surface area contributed by atoms with E-state index in [1.54, 1.807) is 0 Å². The van der Waals surface area contributed by atoms with Gasteiger partial charge in [-0.3, -0.25) is 0 Å². The third kappa shape index (κ3) is 8.67. The Morgan fingerprint density at radius 3 is 2.85 bits per heavy atom. The number of alkyl carbamates (subject to hydrolysis) is 1. The number of nitrogens with one attached hydrogen (secondary N) is 1. The van der Waals surface area contributed by atoms with Crippen molar-refractivity contribution in [3.8, 4) is 6.07 Å². The normalized spacial score (nSPS) is 9.38. The molecule has 0 spiro atoms. The summed E-state index contributed by atoms with van der Waals surface area (Å²) in [5.74, 6) is 0.534. The molecule has 4 heteroatoms. The van der Waals surface area contributed by atoms with Crippen LogP contribution in [-0.4, -0.2) is 19.2 Å². The number of hydrogen-bond acceptors (Lipinski definition) is 3. The van der Waals surface area contributed by atoms with Crippen molar-refractivity contribution in [2.45, 2.75) is 26.7 Å². The maximum atomic E-state index is 10.9. The van der Waals surface area contributed by atoms with E-state index in [4.69, 9.17) is 10.00 Å². The molecule has 0 aromatic rings. The Morgan fingerprint density at radius 1 is 1.62 bits per heavy atom. The molecule has 0 aromatic heterocycles. The van der Waals surface area contributed by atoms with Crippen LogP contribution >= 0.6 is 0 Å². The second kappa shape index (κ2) is 7.41. The van der Waals surface area contributed by atoms with Crippen LogP contribution in [-0.2, 0) is 4.74 Å². The highest BCUT2D eigenvalue weighted by atomic mass is 16.5. The van der Waals surface area contributed by atoms with Crippen LogP contribution in [0.15, 0.2) is 0 Å². The Balaban J connectivity index is 3.26. The first kappa shape index (κ1) is 11.8. The molecule has 0 radical (unpaired) electrons. The van der Waals surface area contributed by atoms with Crippen molar-refractivity contribution in [3.05, 3.63) is 0 Å². The number of nitriles is 1. The molecule has 0 aliphatic heterocycles. The predicted molar refractivity (Wildman–Crippen MR) is 49.0 cm³/mol. The van der Waals surface area contributed by atoms with Gasteiger partial charge in [-0.05, 0) is 12.3 Å². The summed E-state index contributed by atoms with van der Waals surface area (Å²) in [6.45, 7) is 4.93. The molecule has 0 fully saturated rings. The van der Waals surface area contributed by atoms with E-state index < -0.39 is 6.09 Å². The van der Waals surface area contributed by atoms with E-state index >= 15 is 0 Å². The average Bonchev–Trinajstić information content (AvgIpc) is 2.04. The van der Waals surface area contributed by atoms with E-state index in [1.807, 2.05) is 6.07 Å². The molecule has 0 heterocycles. The lowest BCUT2D eigenvalue weighted by Gasteiger charge is -2.06. The Hall–Kier alpha value is -1.24. The summed E-state index contributed by atoms with van der Waals surface area (Å²) in [7, 11) is 0. The van der Waals surface area contributed by atoms with Gasteiger partial charge in [-0.25, -0.2) is 4.79 Å². The van der Waals surface area contributed by atoms with Crippen LogP contribution in [0.3, 0.4) is 0 Å². The van der Waals surface area contributed by atoms with E-state index in [0.717, 1.165) is 6.42 Å². The van der Waals surface area contributed by atoms with Crippen LogP contribution in [0.5, 0.6) is 0 Å². The zero-order valence-corrected chi connectivity index (χ0v) is 8.17. The SMILES string of the molecule is CC(C)CCOC(=O)NCCC#N. The van der Waals surface area contributed by atoms with Gasteiger partial charge in [0, 0.05) is 6.54 Å². The molecule has 0 bridgehead atoms. The van der Waals surface area contributed by atoms with Gasteiger partial charge in [0.1, 0.15) is 0 Å². The topological polar surface area (TPSA) is 62.1 Å². The third-order valence-electron chi connectivity index (χ3n) is 1.43. The van der Waals surface area contributed by atoms with Crippen LogP contribution in [0.25, 0.3) is 0 Å². The highest BCUT2D eigenvalue weighted by Gasteiger charge is 2.00. The number of ether oxygens (including phenoxy) is 1. The first-order chi connectivity index (χ1) is 6.16. The van der Waals surface area contributed by atoms with Crippen LogP contribution in [0.2, 0.25) is 0 Å².